The Morgan fingerprint density at radius 3 is 2.93 bits per heavy atom. The maximum atomic E-state index is 11.1. The van der Waals surface area contributed by atoms with E-state index in [0.29, 0.717) is 18.5 Å². The van der Waals surface area contributed by atoms with Gasteiger partial charge in [0.05, 0.1) is 0 Å². The molecule has 78 valence electrons. The molecule has 0 aliphatic carbocycles. The molecule has 4 N–H and O–H groups in total. The largest absolute Gasteiger partial charge is 0.351 e. The van der Waals surface area contributed by atoms with Crippen LogP contribution in [0.25, 0.3) is 0 Å². The fraction of sp³-hybridized carbons (Fsp3) is 0.200. The van der Waals surface area contributed by atoms with Gasteiger partial charge in [-0.05, 0) is 30.2 Å². The second-order valence-electron chi connectivity index (χ2n) is 3.41. The number of carbonyl (C=O) groups excluding carboxylic acids is 2. The van der Waals surface area contributed by atoms with Gasteiger partial charge in [0.2, 0.25) is 5.91 Å². The van der Waals surface area contributed by atoms with E-state index in [1.54, 1.807) is 12.1 Å². The van der Waals surface area contributed by atoms with Crippen molar-refractivity contribution in [3.05, 3.63) is 23.8 Å². The van der Waals surface area contributed by atoms with Crippen LogP contribution in [0.15, 0.2) is 18.2 Å². The van der Waals surface area contributed by atoms with Crippen LogP contribution in [0.1, 0.15) is 12.0 Å². The molecule has 1 heterocycles. The van der Waals surface area contributed by atoms with Gasteiger partial charge in [-0.25, -0.2) is 4.79 Å². The minimum Gasteiger partial charge on any atom is -0.351 e. The molecule has 5 nitrogen and oxygen atoms in total. The van der Waals surface area contributed by atoms with Crippen molar-refractivity contribution in [1.82, 2.24) is 0 Å². The Hall–Kier alpha value is -2.04. The van der Waals surface area contributed by atoms with Crippen molar-refractivity contribution in [2.75, 3.05) is 10.6 Å². The number of nitrogens with two attached hydrogens (primary N) is 1. The van der Waals surface area contributed by atoms with Crippen LogP contribution in [-0.2, 0) is 11.2 Å². The summed E-state index contributed by atoms with van der Waals surface area (Å²) in [5.41, 5.74) is 7.47. The highest BCUT2D eigenvalue weighted by atomic mass is 16.2. The van der Waals surface area contributed by atoms with Crippen LogP contribution in [0.2, 0.25) is 0 Å². The Labute approximate surface area is 86.6 Å². The number of urea groups is 1. The van der Waals surface area contributed by atoms with E-state index in [1.165, 1.54) is 0 Å². The van der Waals surface area contributed by atoms with Gasteiger partial charge in [0.15, 0.2) is 0 Å². The third kappa shape index (κ3) is 2.07. The number of benzene rings is 1. The van der Waals surface area contributed by atoms with Crippen LogP contribution < -0.4 is 16.4 Å². The number of nitrogens with one attached hydrogen (secondary N) is 2. The molecular formula is C10H11N3O2. The average molecular weight is 205 g/mol. The lowest BCUT2D eigenvalue weighted by molar-refractivity contribution is -0.116. The van der Waals surface area contributed by atoms with Crippen molar-refractivity contribution in [3.8, 4) is 0 Å². The van der Waals surface area contributed by atoms with Crippen LogP contribution in [0, 0.1) is 0 Å². The molecule has 0 spiro atoms. The minimum atomic E-state index is -0.588. The molecule has 3 amide bonds. The molecule has 0 aromatic heterocycles. The van der Waals surface area contributed by atoms with Crippen LogP contribution in [-0.4, -0.2) is 11.9 Å². The number of carbonyl (C=O) groups is 2. The zero-order valence-electron chi connectivity index (χ0n) is 8.04. The second-order valence-corrected chi connectivity index (χ2v) is 3.41. The summed E-state index contributed by atoms with van der Waals surface area (Å²) in [5.74, 6) is 0.0260. The molecule has 0 bridgehead atoms. The molecule has 0 unspecified atom stereocenters. The second kappa shape index (κ2) is 3.61. The van der Waals surface area contributed by atoms with E-state index in [2.05, 4.69) is 10.6 Å². The Balaban J connectivity index is 2.26. The molecule has 1 aromatic rings. The minimum absolute atomic E-state index is 0.0260. The molecule has 1 aliphatic heterocycles. The highest BCUT2D eigenvalue weighted by Crippen LogP contribution is 2.25. The lowest BCUT2D eigenvalue weighted by atomic mass is 10.0. The maximum absolute atomic E-state index is 11.1. The third-order valence-corrected chi connectivity index (χ3v) is 2.27. The molecule has 0 radical (unpaired) electrons. The van der Waals surface area contributed by atoms with Gasteiger partial charge in [-0.15, -0.1) is 0 Å². The normalized spacial score (nSPS) is 14.0. The van der Waals surface area contributed by atoms with E-state index in [9.17, 15) is 9.59 Å². The number of hydrogen-bond donors (Lipinski definition) is 3. The van der Waals surface area contributed by atoms with E-state index < -0.39 is 6.03 Å². The van der Waals surface area contributed by atoms with Gasteiger partial charge in [0, 0.05) is 17.8 Å². The average Bonchev–Trinajstić information content (AvgIpc) is 2.17. The summed E-state index contributed by atoms with van der Waals surface area (Å²) in [6, 6.07) is 4.70. The van der Waals surface area contributed by atoms with E-state index in [4.69, 9.17) is 5.73 Å². The topological polar surface area (TPSA) is 84.2 Å². The molecule has 2 rings (SSSR count). The van der Waals surface area contributed by atoms with Gasteiger partial charge < -0.3 is 16.4 Å². The van der Waals surface area contributed by atoms with Crippen molar-refractivity contribution >= 4 is 23.3 Å². The Morgan fingerprint density at radius 2 is 2.20 bits per heavy atom. The SMILES string of the molecule is NC(=O)Nc1ccc2c(c1)CCC(=O)N2. The quantitative estimate of drug-likeness (QED) is 0.640. The monoisotopic (exact) mass is 205 g/mol. The zero-order valence-corrected chi connectivity index (χ0v) is 8.04. The number of anilines is 2. The molecule has 5 heteroatoms. The lowest BCUT2D eigenvalue weighted by Gasteiger charge is -2.17. The lowest BCUT2D eigenvalue weighted by Crippen LogP contribution is -2.21. The van der Waals surface area contributed by atoms with Crippen molar-refractivity contribution in [2.45, 2.75) is 12.8 Å². The van der Waals surface area contributed by atoms with Crippen LogP contribution in [0.4, 0.5) is 16.2 Å². The molecule has 0 saturated heterocycles. The molecule has 1 aromatic carbocycles. The van der Waals surface area contributed by atoms with E-state index in [-0.39, 0.29) is 5.91 Å². The summed E-state index contributed by atoms with van der Waals surface area (Å²) in [4.78, 5) is 21.7. The zero-order chi connectivity index (χ0) is 10.8. The summed E-state index contributed by atoms with van der Waals surface area (Å²) in [6.45, 7) is 0. The summed E-state index contributed by atoms with van der Waals surface area (Å²) in [7, 11) is 0. The van der Waals surface area contributed by atoms with Crippen LogP contribution in [0.3, 0.4) is 0 Å². The highest BCUT2D eigenvalue weighted by Gasteiger charge is 2.14. The third-order valence-electron chi connectivity index (χ3n) is 2.27. The van der Waals surface area contributed by atoms with Gasteiger partial charge in [0.25, 0.3) is 0 Å². The van der Waals surface area contributed by atoms with Gasteiger partial charge in [-0.3, -0.25) is 4.79 Å². The van der Waals surface area contributed by atoms with Gasteiger partial charge in [0.1, 0.15) is 0 Å². The molecule has 0 atom stereocenters. The van der Waals surface area contributed by atoms with Crippen LogP contribution >= 0.6 is 0 Å². The maximum Gasteiger partial charge on any atom is 0.316 e. The first-order valence-electron chi connectivity index (χ1n) is 4.64. The molecule has 15 heavy (non-hydrogen) atoms. The van der Waals surface area contributed by atoms with E-state index in [1.807, 2.05) is 6.07 Å². The first-order valence-corrected chi connectivity index (χ1v) is 4.64. The molecular weight excluding hydrogens is 194 g/mol. The predicted octanol–water partition coefficient (Wildman–Crippen LogP) is 1.06. The fourth-order valence-electron chi connectivity index (χ4n) is 1.60. The first-order chi connectivity index (χ1) is 7.15. The van der Waals surface area contributed by atoms with Crippen LogP contribution in [0.5, 0.6) is 0 Å². The van der Waals surface area contributed by atoms with Crippen molar-refractivity contribution < 1.29 is 9.59 Å². The highest BCUT2D eigenvalue weighted by molar-refractivity contribution is 5.95. The van der Waals surface area contributed by atoms with E-state index >= 15 is 0 Å². The summed E-state index contributed by atoms with van der Waals surface area (Å²) < 4.78 is 0. The fourth-order valence-corrected chi connectivity index (χ4v) is 1.60. The number of primary amides is 1. The standard InChI is InChI=1S/C10H11N3O2/c11-10(15)12-7-2-3-8-6(5-7)1-4-9(14)13-8/h2-3,5H,1,4H2,(H,13,14)(H3,11,12,15). The van der Waals surface area contributed by atoms with Crippen molar-refractivity contribution in [2.24, 2.45) is 5.73 Å². The van der Waals surface area contributed by atoms with Crippen molar-refractivity contribution in [1.29, 1.82) is 0 Å². The summed E-state index contributed by atoms with van der Waals surface area (Å²) in [5, 5.41) is 5.25. The Morgan fingerprint density at radius 1 is 1.40 bits per heavy atom. The molecule has 0 fully saturated rings. The Bertz CT molecular complexity index is 429. The molecule has 1 aliphatic rings. The summed E-state index contributed by atoms with van der Waals surface area (Å²) >= 11 is 0. The smallest absolute Gasteiger partial charge is 0.316 e. The predicted molar refractivity (Wildman–Crippen MR) is 56.6 cm³/mol. The summed E-state index contributed by atoms with van der Waals surface area (Å²) in [6.07, 6.45) is 1.17. The van der Waals surface area contributed by atoms with Crippen molar-refractivity contribution in [3.63, 3.8) is 0 Å². The number of hydrogen-bond acceptors (Lipinski definition) is 2. The number of amides is 3. The number of aryl methyl sites for hydroxylation is 1. The molecule has 0 saturated carbocycles. The van der Waals surface area contributed by atoms with Gasteiger partial charge in [-0.2, -0.15) is 0 Å². The first kappa shape index (κ1) is 9.51. The van der Waals surface area contributed by atoms with E-state index in [0.717, 1.165) is 11.3 Å². The van der Waals surface area contributed by atoms with Gasteiger partial charge >= 0.3 is 6.03 Å². The number of rotatable bonds is 1. The van der Waals surface area contributed by atoms with Gasteiger partial charge in [-0.1, -0.05) is 0 Å². The Kier molecular flexibility index (Phi) is 2.29. The number of fused-ring (bicyclic) bond motifs is 1.